The molecule has 2 heterocycles. The Hall–Kier alpha value is -1.75. The molecule has 120 valence electrons. The summed E-state index contributed by atoms with van der Waals surface area (Å²) in [6.45, 7) is 5.06. The van der Waals surface area contributed by atoms with E-state index in [-0.39, 0.29) is 24.2 Å². The number of carbonyl (C=O) groups excluding carboxylic acids is 2. The van der Waals surface area contributed by atoms with E-state index in [9.17, 15) is 9.59 Å². The number of carbonyl (C=O) groups is 2. The van der Waals surface area contributed by atoms with E-state index in [1.807, 2.05) is 23.1 Å². The third kappa shape index (κ3) is 3.19. The van der Waals surface area contributed by atoms with Gasteiger partial charge in [-0.15, -0.1) is 12.4 Å². The summed E-state index contributed by atoms with van der Waals surface area (Å²) in [5, 5.41) is 3.36. The maximum atomic E-state index is 12.7. The predicted octanol–water partition coefficient (Wildman–Crippen LogP) is 1.77. The lowest BCUT2D eigenvalue weighted by Crippen LogP contribution is -2.50. The molecule has 3 rings (SSSR count). The fourth-order valence-corrected chi connectivity index (χ4v) is 3.11. The Labute approximate surface area is 137 Å². The van der Waals surface area contributed by atoms with Gasteiger partial charge in [-0.3, -0.25) is 9.59 Å². The smallest absolute Gasteiger partial charge is 0.254 e. The monoisotopic (exact) mass is 323 g/mol. The third-order valence-corrected chi connectivity index (χ3v) is 4.34. The van der Waals surface area contributed by atoms with Gasteiger partial charge >= 0.3 is 0 Å². The predicted molar refractivity (Wildman–Crippen MR) is 88.7 cm³/mol. The minimum absolute atomic E-state index is 0. The lowest BCUT2D eigenvalue weighted by atomic mass is 9.96. The number of anilines is 1. The highest BCUT2D eigenvalue weighted by Crippen LogP contribution is 2.26. The lowest BCUT2D eigenvalue weighted by molar-refractivity contribution is -0.130. The van der Waals surface area contributed by atoms with Crippen LogP contribution in [0, 0.1) is 0 Å². The first kappa shape index (κ1) is 16.6. The molecule has 22 heavy (non-hydrogen) atoms. The minimum atomic E-state index is 0. The number of benzene rings is 1. The molecule has 5 nitrogen and oxygen atoms in total. The SMILES string of the molecule is CC(=O)N1CCN(C(=O)c2cccc3c2CCCN3)CC1.Cl. The van der Waals surface area contributed by atoms with Crippen LogP contribution in [-0.2, 0) is 11.2 Å². The largest absolute Gasteiger partial charge is 0.385 e. The molecule has 0 saturated carbocycles. The second-order valence-electron chi connectivity index (χ2n) is 5.66. The maximum Gasteiger partial charge on any atom is 0.254 e. The normalized spacial score (nSPS) is 17.1. The Bertz CT molecular complexity index is 569. The molecule has 1 saturated heterocycles. The first-order valence-corrected chi connectivity index (χ1v) is 7.57. The number of rotatable bonds is 1. The zero-order valence-electron chi connectivity index (χ0n) is 12.8. The molecule has 0 radical (unpaired) electrons. The molecular weight excluding hydrogens is 302 g/mol. The molecule has 0 spiro atoms. The molecule has 1 aromatic rings. The summed E-state index contributed by atoms with van der Waals surface area (Å²) in [6.07, 6.45) is 2.02. The van der Waals surface area contributed by atoms with Gasteiger partial charge in [-0.05, 0) is 30.5 Å². The van der Waals surface area contributed by atoms with Gasteiger partial charge in [0.1, 0.15) is 0 Å². The second-order valence-corrected chi connectivity index (χ2v) is 5.66. The lowest BCUT2D eigenvalue weighted by Gasteiger charge is -2.35. The van der Waals surface area contributed by atoms with Gasteiger partial charge in [0.15, 0.2) is 0 Å². The summed E-state index contributed by atoms with van der Waals surface area (Å²) in [5.41, 5.74) is 3.05. The zero-order chi connectivity index (χ0) is 14.8. The number of halogens is 1. The minimum Gasteiger partial charge on any atom is -0.385 e. The number of nitrogens with zero attached hydrogens (tertiary/aromatic N) is 2. The quantitative estimate of drug-likeness (QED) is 0.857. The topological polar surface area (TPSA) is 52.7 Å². The van der Waals surface area contributed by atoms with Gasteiger partial charge in [-0.1, -0.05) is 6.07 Å². The van der Waals surface area contributed by atoms with Gasteiger partial charge in [0, 0.05) is 50.9 Å². The van der Waals surface area contributed by atoms with Crippen molar-refractivity contribution in [2.75, 3.05) is 38.0 Å². The summed E-state index contributed by atoms with van der Waals surface area (Å²) in [5.74, 6) is 0.183. The van der Waals surface area contributed by atoms with Crippen LogP contribution in [0.1, 0.15) is 29.3 Å². The van der Waals surface area contributed by atoms with Gasteiger partial charge < -0.3 is 15.1 Å². The molecule has 1 aromatic carbocycles. The van der Waals surface area contributed by atoms with Gasteiger partial charge in [-0.2, -0.15) is 0 Å². The summed E-state index contributed by atoms with van der Waals surface area (Å²) >= 11 is 0. The third-order valence-electron chi connectivity index (χ3n) is 4.34. The first-order chi connectivity index (χ1) is 10.2. The number of hydrogen-bond acceptors (Lipinski definition) is 3. The fraction of sp³-hybridized carbons (Fsp3) is 0.500. The van der Waals surface area contributed by atoms with Crippen LogP contribution in [0.25, 0.3) is 0 Å². The van der Waals surface area contributed by atoms with Crippen LogP contribution < -0.4 is 5.32 Å². The standard InChI is InChI=1S/C16H21N3O2.ClH/c1-12(20)18-8-10-19(11-9-18)16(21)14-4-2-6-15-13(14)5-3-7-17-15;/h2,4,6,17H,3,5,7-11H2,1H3;1H. The van der Waals surface area contributed by atoms with E-state index in [0.717, 1.165) is 36.2 Å². The van der Waals surface area contributed by atoms with Crippen molar-refractivity contribution < 1.29 is 9.59 Å². The Kier molecular flexibility index (Phi) is 5.29. The van der Waals surface area contributed by atoms with E-state index >= 15 is 0 Å². The number of fused-ring (bicyclic) bond motifs is 1. The van der Waals surface area contributed by atoms with Crippen LogP contribution in [-0.4, -0.2) is 54.3 Å². The summed E-state index contributed by atoms with van der Waals surface area (Å²) in [6, 6.07) is 5.90. The molecule has 0 aromatic heterocycles. The first-order valence-electron chi connectivity index (χ1n) is 7.57. The summed E-state index contributed by atoms with van der Waals surface area (Å²) in [7, 11) is 0. The fourth-order valence-electron chi connectivity index (χ4n) is 3.11. The molecule has 0 atom stereocenters. The number of nitrogens with one attached hydrogen (secondary N) is 1. The number of amides is 2. The van der Waals surface area contributed by atoms with Crippen molar-refractivity contribution in [3.05, 3.63) is 29.3 Å². The maximum absolute atomic E-state index is 12.7. The van der Waals surface area contributed by atoms with Crippen molar-refractivity contribution in [3.8, 4) is 0 Å². The molecule has 2 amide bonds. The average Bonchev–Trinajstić information content (AvgIpc) is 2.53. The second kappa shape index (κ2) is 7.01. The highest BCUT2D eigenvalue weighted by atomic mass is 35.5. The highest BCUT2D eigenvalue weighted by molar-refractivity contribution is 5.97. The van der Waals surface area contributed by atoms with Crippen LogP contribution in [0.5, 0.6) is 0 Å². The van der Waals surface area contributed by atoms with E-state index < -0.39 is 0 Å². The van der Waals surface area contributed by atoms with Crippen LogP contribution in [0.3, 0.4) is 0 Å². The van der Waals surface area contributed by atoms with Gasteiger partial charge in [0.25, 0.3) is 5.91 Å². The summed E-state index contributed by atoms with van der Waals surface area (Å²) < 4.78 is 0. The van der Waals surface area contributed by atoms with Crippen molar-refractivity contribution in [2.24, 2.45) is 0 Å². The Morgan fingerprint density at radius 2 is 1.77 bits per heavy atom. The molecule has 0 unspecified atom stereocenters. The van der Waals surface area contributed by atoms with Gasteiger partial charge in [-0.25, -0.2) is 0 Å². The zero-order valence-corrected chi connectivity index (χ0v) is 13.6. The van der Waals surface area contributed by atoms with Crippen molar-refractivity contribution in [1.82, 2.24) is 9.80 Å². The van der Waals surface area contributed by atoms with Crippen LogP contribution in [0.4, 0.5) is 5.69 Å². The Balaban J connectivity index is 0.00000176. The van der Waals surface area contributed by atoms with Crippen molar-refractivity contribution in [2.45, 2.75) is 19.8 Å². The molecular formula is C16H22ClN3O2. The number of hydrogen-bond donors (Lipinski definition) is 1. The molecule has 1 N–H and O–H groups in total. The van der Waals surface area contributed by atoms with Crippen LogP contribution in [0.15, 0.2) is 18.2 Å². The highest BCUT2D eigenvalue weighted by Gasteiger charge is 2.25. The number of piperazine rings is 1. The Morgan fingerprint density at radius 3 is 2.45 bits per heavy atom. The molecule has 0 aliphatic carbocycles. The average molecular weight is 324 g/mol. The van der Waals surface area contributed by atoms with E-state index in [1.165, 1.54) is 0 Å². The Morgan fingerprint density at radius 1 is 1.09 bits per heavy atom. The van der Waals surface area contributed by atoms with Crippen molar-refractivity contribution in [3.63, 3.8) is 0 Å². The van der Waals surface area contributed by atoms with Gasteiger partial charge in [0.2, 0.25) is 5.91 Å². The van der Waals surface area contributed by atoms with Gasteiger partial charge in [0.05, 0.1) is 0 Å². The molecule has 0 bridgehead atoms. The van der Waals surface area contributed by atoms with Crippen LogP contribution >= 0.6 is 12.4 Å². The summed E-state index contributed by atoms with van der Waals surface area (Å²) in [4.78, 5) is 27.8. The molecule has 1 fully saturated rings. The molecule has 2 aliphatic rings. The van der Waals surface area contributed by atoms with E-state index in [1.54, 1.807) is 11.8 Å². The van der Waals surface area contributed by atoms with E-state index in [0.29, 0.717) is 26.2 Å². The van der Waals surface area contributed by atoms with E-state index in [2.05, 4.69) is 5.32 Å². The van der Waals surface area contributed by atoms with Crippen molar-refractivity contribution >= 4 is 29.9 Å². The van der Waals surface area contributed by atoms with Crippen molar-refractivity contribution in [1.29, 1.82) is 0 Å². The van der Waals surface area contributed by atoms with E-state index in [4.69, 9.17) is 0 Å². The van der Waals surface area contributed by atoms with Crippen LogP contribution in [0.2, 0.25) is 0 Å². The molecule has 6 heteroatoms. The molecule has 2 aliphatic heterocycles.